The van der Waals surface area contributed by atoms with Gasteiger partial charge < -0.3 is 9.13 Å². The van der Waals surface area contributed by atoms with Crippen LogP contribution in [0.25, 0.3) is 43.6 Å². The Morgan fingerprint density at radius 3 is 0.941 bits per heavy atom. The van der Waals surface area contributed by atoms with Gasteiger partial charge in [0.25, 0.3) is 0 Å². The molecular formula is C32H30N2. The van der Waals surface area contributed by atoms with Crippen molar-refractivity contribution < 1.29 is 0 Å². The zero-order chi connectivity index (χ0) is 22.8. The quantitative estimate of drug-likeness (QED) is 0.259. The Labute approximate surface area is 200 Å². The molecule has 2 aromatic heterocycles. The lowest BCUT2D eigenvalue weighted by molar-refractivity contribution is 0.825. The first-order valence-electron chi connectivity index (χ1n) is 12.8. The van der Waals surface area contributed by atoms with Gasteiger partial charge in [-0.25, -0.2) is 0 Å². The van der Waals surface area contributed by atoms with Gasteiger partial charge in [-0.2, -0.15) is 0 Å². The molecule has 0 N–H and O–H groups in total. The average Bonchev–Trinajstić information content (AvgIpc) is 3.36. The van der Waals surface area contributed by atoms with Crippen LogP contribution in [0.3, 0.4) is 0 Å². The second-order valence-corrected chi connectivity index (χ2v) is 9.89. The van der Waals surface area contributed by atoms with E-state index in [4.69, 9.17) is 0 Å². The molecule has 0 fully saturated rings. The molecule has 34 heavy (non-hydrogen) atoms. The third-order valence-corrected chi connectivity index (χ3v) is 8.02. The lowest BCUT2D eigenvalue weighted by Gasteiger charge is -2.06. The Kier molecular flexibility index (Phi) is 4.39. The second kappa shape index (κ2) is 7.50. The van der Waals surface area contributed by atoms with Crippen LogP contribution in [0.15, 0.2) is 72.8 Å². The number of hydrogen-bond donors (Lipinski definition) is 0. The summed E-state index contributed by atoms with van der Waals surface area (Å²) in [5.41, 5.74) is 11.1. The summed E-state index contributed by atoms with van der Waals surface area (Å²) >= 11 is 0. The summed E-state index contributed by atoms with van der Waals surface area (Å²) in [7, 11) is 0. The molecule has 1 aliphatic carbocycles. The topological polar surface area (TPSA) is 9.86 Å². The van der Waals surface area contributed by atoms with Crippen molar-refractivity contribution in [3.8, 4) is 0 Å². The van der Waals surface area contributed by atoms with Gasteiger partial charge in [-0.15, -0.1) is 0 Å². The zero-order valence-corrected chi connectivity index (χ0v) is 20.1. The van der Waals surface area contributed by atoms with E-state index in [9.17, 15) is 0 Å². The maximum absolute atomic E-state index is 2.47. The highest BCUT2D eigenvalue weighted by Crippen LogP contribution is 2.34. The third-order valence-electron chi connectivity index (χ3n) is 8.02. The predicted molar refractivity (Wildman–Crippen MR) is 145 cm³/mol. The van der Waals surface area contributed by atoms with Crippen molar-refractivity contribution in [1.82, 2.24) is 9.13 Å². The first-order chi connectivity index (χ1) is 16.7. The van der Waals surface area contributed by atoms with Crippen LogP contribution in [0.2, 0.25) is 0 Å². The van der Waals surface area contributed by atoms with Gasteiger partial charge in [0.1, 0.15) is 0 Å². The van der Waals surface area contributed by atoms with Crippen LogP contribution in [0.1, 0.15) is 36.1 Å². The minimum absolute atomic E-state index is 0.998. The number of benzene rings is 4. The van der Waals surface area contributed by atoms with Gasteiger partial charge in [0, 0.05) is 56.7 Å². The summed E-state index contributed by atoms with van der Waals surface area (Å²) in [4.78, 5) is 0. The summed E-state index contributed by atoms with van der Waals surface area (Å²) in [6.07, 6.45) is 4.27. The van der Waals surface area contributed by atoms with Gasteiger partial charge in [0.2, 0.25) is 0 Å². The molecule has 0 atom stereocenters. The molecular weight excluding hydrogens is 412 g/mol. The van der Waals surface area contributed by atoms with Crippen molar-refractivity contribution in [2.45, 2.75) is 52.6 Å². The van der Waals surface area contributed by atoms with Crippen LogP contribution in [0, 0.1) is 0 Å². The number of aryl methyl sites for hydroxylation is 6. The van der Waals surface area contributed by atoms with E-state index in [2.05, 4.69) is 95.8 Å². The van der Waals surface area contributed by atoms with Gasteiger partial charge in [-0.05, 0) is 110 Å². The fourth-order valence-corrected chi connectivity index (χ4v) is 6.28. The number of aromatic nitrogens is 2. The Hall–Kier alpha value is -3.52. The highest BCUT2D eigenvalue weighted by Gasteiger charge is 2.14. The van der Waals surface area contributed by atoms with Crippen molar-refractivity contribution in [2.75, 3.05) is 0 Å². The Bertz CT molecular complexity index is 1480. The van der Waals surface area contributed by atoms with Gasteiger partial charge >= 0.3 is 0 Å². The van der Waals surface area contributed by atoms with E-state index in [1.54, 1.807) is 0 Å². The van der Waals surface area contributed by atoms with Crippen molar-refractivity contribution in [3.05, 3.63) is 95.1 Å². The highest BCUT2D eigenvalue weighted by molar-refractivity contribution is 6.09. The molecule has 1 aliphatic rings. The molecule has 4 aromatic carbocycles. The smallest absolute Gasteiger partial charge is 0.0491 e. The largest absolute Gasteiger partial charge is 0.341 e. The molecule has 2 heteroatoms. The van der Waals surface area contributed by atoms with Crippen LogP contribution in [0.4, 0.5) is 0 Å². The first kappa shape index (κ1) is 19.9. The fraction of sp³-hybridized carbons (Fsp3) is 0.250. The number of rotatable bonds is 2. The van der Waals surface area contributed by atoms with E-state index in [0.717, 1.165) is 38.8 Å². The van der Waals surface area contributed by atoms with Crippen LogP contribution in [-0.2, 0) is 38.8 Å². The van der Waals surface area contributed by atoms with Gasteiger partial charge in [0.15, 0.2) is 0 Å². The monoisotopic (exact) mass is 442 g/mol. The summed E-state index contributed by atoms with van der Waals surface area (Å²) in [5.74, 6) is 0. The normalized spacial score (nSPS) is 13.9. The van der Waals surface area contributed by atoms with Crippen LogP contribution >= 0.6 is 0 Å². The van der Waals surface area contributed by atoms with Gasteiger partial charge in [0.05, 0.1) is 0 Å². The molecule has 8 bridgehead atoms. The lowest BCUT2D eigenvalue weighted by Crippen LogP contribution is -1.96. The molecule has 0 radical (unpaired) electrons. The van der Waals surface area contributed by atoms with Crippen molar-refractivity contribution in [3.63, 3.8) is 0 Å². The Balaban J connectivity index is 1.46. The van der Waals surface area contributed by atoms with E-state index in [0.29, 0.717) is 0 Å². The SMILES string of the molecule is CCn1c2ccc3cc2c2cc(ccc21)CCc1ccc2c(c1)c1cc(ccc1n2CC)CC3. The third kappa shape index (κ3) is 2.88. The molecule has 2 nitrogen and oxygen atoms in total. The zero-order valence-electron chi connectivity index (χ0n) is 20.1. The standard InChI is InChI=1S/C32H30N2/c1-3-33-29-13-9-21-5-7-23-11-15-31-27(19-23)28-20-24(12-16-32(28)34(31)4-2)8-6-22-10-14-30(33)26(18-22)25(29)17-21/h9-20H,3-8H2,1-2H3. The van der Waals surface area contributed by atoms with Crippen LogP contribution in [0.5, 0.6) is 0 Å². The number of hydrogen-bond acceptors (Lipinski definition) is 0. The predicted octanol–water partition coefficient (Wildman–Crippen LogP) is 7.83. The molecule has 6 aromatic rings. The molecule has 2 heterocycles. The van der Waals surface area contributed by atoms with Crippen LogP contribution in [-0.4, -0.2) is 9.13 Å². The first-order valence-corrected chi connectivity index (χ1v) is 12.8. The summed E-state index contributed by atoms with van der Waals surface area (Å²) < 4.78 is 4.93. The number of fused-ring (bicyclic) bond motifs is 4. The molecule has 0 unspecified atom stereocenters. The van der Waals surface area contributed by atoms with E-state index in [1.807, 2.05) is 0 Å². The maximum atomic E-state index is 2.47. The molecule has 168 valence electrons. The average molecular weight is 443 g/mol. The minimum Gasteiger partial charge on any atom is -0.341 e. The minimum atomic E-state index is 0.998. The Morgan fingerprint density at radius 2 is 0.706 bits per heavy atom. The second-order valence-electron chi connectivity index (χ2n) is 9.89. The van der Waals surface area contributed by atoms with E-state index in [-0.39, 0.29) is 0 Å². The van der Waals surface area contributed by atoms with Crippen molar-refractivity contribution in [1.29, 1.82) is 0 Å². The highest BCUT2D eigenvalue weighted by atomic mass is 15.0. The van der Waals surface area contributed by atoms with Gasteiger partial charge in [-0.3, -0.25) is 0 Å². The molecule has 7 rings (SSSR count). The summed E-state index contributed by atoms with van der Waals surface area (Å²) in [6.45, 7) is 6.50. The Morgan fingerprint density at radius 1 is 0.441 bits per heavy atom. The summed E-state index contributed by atoms with van der Waals surface area (Å²) in [5, 5.41) is 5.62. The molecule has 0 saturated carbocycles. The number of nitrogens with zero attached hydrogens (tertiary/aromatic N) is 2. The van der Waals surface area contributed by atoms with Crippen molar-refractivity contribution in [2.24, 2.45) is 0 Å². The molecule has 0 amide bonds. The molecule has 0 aliphatic heterocycles. The van der Waals surface area contributed by atoms with E-state index >= 15 is 0 Å². The molecule has 0 saturated heterocycles. The fourth-order valence-electron chi connectivity index (χ4n) is 6.28. The summed E-state index contributed by atoms with van der Waals surface area (Å²) in [6, 6.07) is 28.5. The van der Waals surface area contributed by atoms with Crippen LogP contribution < -0.4 is 0 Å². The van der Waals surface area contributed by atoms with Crippen molar-refractivity contribution >= 4 is 43.6 Å². The lowest BCUT2D eigenvalue weighted by atomic mass is 9.98. The van der Waals surface area contributed by atoms with E-state index in [1.165, 1.54) is 65.9 Å². The van der Waals surface area contributed by atoms with E-state index < -0.39 is 0 Å². The van der Waals surface area contributed by atoms with Gasteiger partial charge in [-0.1, -0.05) is 24.3 Å². The maximum Gasteiger partial charge on any atom is 0.0491 e. The molecule has 0 spiro atoms.